The van der Waals surface area contributed by atoms with E-state index >= 15 is 0 Å². The Labute approximate surface area is 109 Å². The second kappa shape index (κ2) is 6.14. The van der Waals surface area contributed by atoms with E-state index in [0.29, 0.717) is 32.0 Å². The molecule has 1 aliphatic rings. The zero-order valence-corrected chi connectivity index (χ0v) is 10.3. The summed E-state index contributed by atoms with van der Waals surface area (Å²) in [7, 11) is 0. The van der Waals surface area contributed by atoms with Crippen molar-refractivity contribution in [3.05, 3.63) is 12.2 Å². The van der Waals surface area contributed by atoms with Gasteiger partial charge in [0.15, 0.2) is 5.82 Å². The van der Waals surface area contributed by atoms with Crippen molar-refractivity contribution < 1.29 is 19.2 Å². The molecule has 9 nitrogen and oxygen atoms in total. The van der Waals surface area contributed by atoms with E-state index in [0.717, 1.165) is 0 Å². The number of hydrogen-bond donors (Lipinski definition) is 2. The lowest BCUT2D eigenvalue weighted by atomic mass is 10.3. The number of carboxylic acid groups (broad SMARTS) is 1. The summed E-state index contributed by atoms with van der Waals surface area (Å²) in [5, 5.41) is 14.9. The van der Waals surface area contributed by atoms with Crippen LogP contribution in [-0.2, 0) is 11.3 Å². The Kier molecular flexibility index (Phi) is 4.29. The van der Waals surface area contributed by atoms with Crippen LogP contribution in [-0.4, -0.2) is 69.8 Å². The van der Waals surface area contributed by atoms with Crippen LogP contribution in [0, 0.1) is 0 Å². The first-order chi connectivity index (χ1) is 9.15. The summed E-state index contributed by atoms with van der Waals surface area (Å²) in [6.45, 7) is 2.35. The third kappa shape index (κ3) is 3.91. The maximum atomic E-state index is 11.8. The quantitative estimate of drug-likeness (QED) is 0.719. The van der Waals surface area contributed by atoms with Gasteiger partial charge in [-0.1, -0.05) is 5.16 Å². The SMILES string of the molecule is O=C(O)CN1CCN(C(=O)NCc2ncon2)CC1. The van der Waals surface area contributed by atoms with Crippen LogP contribution in [0.15, 0.2) is 10.9 Å². The summed E-state index contributed by atoms with van der Waals surface area (Å²) in [4.78, 5) is 29.6. The van der Waals surface area contributed by atoms with Gasteiger partial charge >= 0.3 is 12.0 Å². The topological polar surface area (TPSA) is 112 Å². The van der Waals surface area contributed by atoms with Gasteiger partial charge in [-0.05, 0) is 0 Å². The number of amides is 2. The molecule has 0 radical (unpaired) electrons. The zero-order chi connectivity index (χ0) is 13.7. The van der Waals surface area contributed by atoms with E-state index in [1.807, 2.05) is 0 Å². The van der Waals surface area contributed by atoms with Gasteiger partial charge in [0.1, 0.15) is 0 Å². The largest absolute Gasteiger partial charge is 0.480 e. The van der Waals surface area contributed by atoms with Gasteiger partial charge in [0, 0.05) is 26.2 Å². The lowest BCUT2D eigenvalue weighted by molar-refractivity contribution is -0.138. The van der Waals surface area contributed by atoms with Crippen LogP contribution < -0.4 is 5.32 Å². The molecule has 0 bridgehead atoms. The van der Waals surface area contributed by atoms with E-state index in [4.69, 9.17) is 5.11 Å². The standard InChI is InChI=1S/C10H15N5O4/c16-9(17)6-14-1-3-15(4-2-14)10(18)11-5-8-12-7-19-13-8/h7H,1-6H2,(H,11,18)(H,16,17). The van der Waals surface area contributed by atoms with Gasteiger partial charge in [-0.15, -0.1) is 0 Å². The molecule has 0 unspecified atom stereocenters. The maximum Gasteiger partial charge on any atom is 0.317 e. The predicted molar refractivity (Wildman–Crippen MR) is 62.2 cm³/mol. The fourth-order valence-corrected chi connectivity index (χ4v) is 1.84. The number of carboxylic acids is 1. The molecule has 104 valence electrons. The van der Waals surface area contributed by atoms with Crippen LogP contribution in [0.2, 0.25) is 0 Å². The van der Waals surface area contributed by atoms with Crippen molar-refractivity contribution in [2.75, 3.05) is 32.7 Å². The Hall–Kier alpha value is -2.16. The summed E-state index contributed by atoms with van der Waals surface area (Å²) >= 11 is 0. The van der Waals surface area contributed by atoms with E-state index in [-0.39, 0.29) is 19.1 Å². The summed E-state index contributed by atoms with van der Waals surface area (Å²) in [5.41, 5.74) is 0. The molecule has 2 heterocycles. The van der Waals surface area contributed by atoms with Gasteiger partial charge in [-0.25, -0.2) is 4.79 Å². The Bertz CT molecular complexity index is 427. The van der Waals surface area contributed by atoms with E-state index < -0.39 is 5.97 Å². The second-order valence-electron chi connectivity index (χ2n) is 4.16. The third-order valence-corrected chi connectivity index (χ3v) is 2.82. The molecule has 2 N–H and O–H groups in total. The number of carbonyl (C=O) groups excluding carboxylic acids is 1. The van der Waals surface area contributed by atoms with Crippen molar-refractivity contribution >= 4 is 12.0 Å². The first-order valence-electron chi connectivity index (χ1n) is 5.87. The summed E-state index contributed by atoms with van der Waals surface area (Å²) in [6.07, 6.45) is 1.20. The number of urea groups is 1. The molecule has 19 heavy (non-hydrogen) atoms. The average Bonchev–Trinajstić information content (AvgIpc) is 2.89. The van der Waals surface area contributed by atoms with Crippen molar-refractivity contribution in [2.45, 2.75) is 6.54 Å². The number of nitrogens with one attached hydrogen (secondary N) is 1. The molecule has 0 saturated carbocycles. The minimum atomic E-state index is -0.852. The molecule has 0 spiro atoms. The molecule has 9 heteroatoms. The normalized spacial score (nSPS) is 16.3. The van der Waals surface area contributed by atoms with Crippen molar-refractivity contribution in [3.8, 4) is 0 Å². The Morgan fingerprint density at radius 3 is 2.68 bits per heavy atom. The van der Waals surface area contributed by atoms with Gasteiger partial charge < -0.3 is 19.8 Å². The number of hydrogen-bond acceptors (Lipinski definition) is 6. The summed E-state index contributed by atoms with van der Waals surface area (Å²) < 4.78 is 4.56. The van der Waals surface area contributed by atoms with Crippen LogP contribution in [0.25, 0.3) is 0 Å². The van der Waals surface area contributed by atoms with Gasteiger partial charge in [0.2, 0.25) is 6.39 Å². The monoisotopic (exact) mass is 269 g/mol. The highest BCUT2D eigenvalue weighted by Gasteiger charge is 2.22. The molecule has 2 rings (SSSR count). The fourth-order valence-electron chi connectivity index (χ4n) is 1.84. The first-order valence-corrected chi connectivity index (χ1v) is 5.87. The zero-order valence-electron chi connectivity index (χ0n) is 10.3. The van der Waals surface area contributed by atoms with Crippen LogP contribution >= 0.6 is 0 Å². The summed E-state index contributed by atoms with van der Waals surface area (Å²) in [5.74, 6) is -0.437. The molecule has 0 aliphatic carbocycles. The van der Waals surface area contributed by atoms with Crippen molar-refractivity contribution in [3.63, 3.8) is 0 Å². The predicted octanol–water partition coefficient (Wildman–Crippen LogP) is -1.02. The van der Waals surface area contributed by atoms with Gasteiger partial charge in [0.05, 0.1) is 13.1 Å². The molecular weight excluding hydrogens is 254 g/mol. The van der Waals surface area contributed by atoms with Crippen LogP contribution in [0.4, 0.5) is 4.79 Å². The highest BCUT2D eigenvalue weighted by Crippen LogP contribution is 2.02. The first kappa shape index (κ1) is 13.3. The number of piperazine rings is 1. The highest BCUT2D eigenvalue weighted by molar-refractivity contribution is 5.74. The third-order valence-electron chi connectivity index (χ3n) is 2.82. The van der Waals surface area contributed by atoms with Crippen molar-refractivity contribution in [2.24, 2.45) is 0 Å². The number of aromatic nitrogens is 2. The lowest BCUT2D eigenvalue weighted by Gasteiger charge is -2.33. The number of aliphatic carboxylic acids is 1. The van der Waals surface area contributed by atoms with Crippen molar-refractivity contribution in [1.29, 1.82) is 0 Å². The van der Waals surface area contributed by atoms with E-state index in [9.17, 15) is 9.59 Å². The molecular formula is C10H15N5O4. The van der Waals surface area contributed by atoms with Gasteiger partial charge in [0.25, 0.3) is 0 Å². The molecule has 2 amide bonds. The Balaban J connectivity index is 1.71. The van der Waals surface area contributed by atoms with E-state index in [2.05, 4.69) is 20.0 Å². The molecule has 1 aliphatic heterocycles. The minimum Gasteiger partial charge on any atom is -0.480 e. The molecule has 1 aromatic rings. The fraction of sp³-hybridized carbons (Fsp3) is 0.600. The lowest BCUT2D eigenvalue weighted by Crippen LogP contribution is -2.52. The average molecular weight is 269 g/mol. The molecule has 0 aromatic carbocycles. The molecule has 1 aromatic heterocycles. The molecule has 0 atom stereocenters. The van der Waals surface area contributed by atoms with Crippen LogP contribution in [0.1, 0.15) is 5.82 Å². The molecule has 1 saturated heterocycles. The number of nitrogens with zero attached hydrogens (tertiary/aromatic N) is 4. The Morgan fingerprint density at radius 1 is 1.37 bits per heavy atom. The Morgan fingerprint density at radius 2 is 2.11 bits per heavy atom. The summed E-state index contributed by atoms with van der Waals surface area (Å²) in [6, 6.07) is -0.209. The number of rotatable bonds is 4. The van der Waals surface area contributed by atoms with Crippen LogP contribution in [0.3, 0.4) is 0 Å². The van der Waals surface area contributed by atoms with Gasteiger partial charge in [-0.2, -0.15) is 4.98 Å². The number of carbonyl (C=O) groups is 2. The maximum absolute atomic E-state index is 11.8. The van der Waals surface area contributed by atoms with Crippen LogP contribution in [0.5, 0.6) is 0 Å². The smallest absolute Gasteiger partial charge is 0.317 e. The van der Waals surface area contributed by atoms with E-state index in [1.165, 1.54) is 6.39 Å². The van der Waals surface area contributed by atoms with E-state index in [1.54, 1.807) is 9.80 Å². The second-order valence-corrected chi connectivity index (χ2v) is 4.16. The highest BCUT2D eigenvalue weighted by atomic mass is 16.5. The van der Waals surface area contributed by atoms with Gasteiger partial charge in [-0.3, -0.25) is 9.69 Å². The van der Waals surface area contributed by atoms with Crippen molar-refractivity contribution in [1.82, 2.24) is 25.3 Å². The molecule has 1 fully saturated rings. The minimum absolute atomic E-state index is 0.0122.